The highest BCUT2D eigenvalue weighted by Crippen LogP contribution is 2.37. The van der Waals surface area contributed by atoms with Gasteiger partial charge in [-0.25, -0.2) is 14.8 Å². The molecule has 3 aliphatic rings. The second kappa shape index (κ2) is 29.7. The van der Waals surface area contributed by atoms with Crippen LogP contribution in [-0.2, 0) is 27.5 Å². The summed E-state index contributed by atoms with van der Waals surface area (Å²) in [5.41, 5.74) is 5.56. The van der Waals surface area contributed by atoms with Crippen molar-refractivity contribution in [1.29, 1.82) is 0 Å². The molecule has 4 atom stereocenters. The van der Waals surface area contributed by atoms with Crippen LogP contribution in [-0.4, -0.2) is 151 Å². The van der Waals surface area contributed by atoms with E-state index in [0.29, 0.717) is 84.3 Å². The van der Waals surface area contributed by atoms with E-state index in [1.54, 1.807) is 104 Å². The van der Waals surface area contributed by atoms with Crippen molar-refractivity contribution in [2.75, 3.05) is 99.0 Å². The zero-order valence-corrected chi connectivity index (χ0v) is 50.7. The molecule has 6 aromatic rings. The number of fused-ring (bicyclic) bond motifs is 1. The SMILES string of the molecule is CCC(=O)Nc1ccc(CN2C(=O)N(c3cc(OC)cc(OC)c3)Cc3cnc(Nc4ccc(N5CCN(CC(=O)NCCCCCCOc6ccc(C(=O)c7csc([C@@H]8CCCN8C(=O)[C@H](C)NC(O)[C@H](C)NC)n7)cc6)CC5)cc4)nc32)cc1. The molecule has 2 saturated heterocycles. The van der Waals surface area contributed by atoms with E-state index in [0.717, 1.165) is 92.2 Å². The highest BCUT2D eigenvalue weighted by atomic mass is 32.1. The quantitative estimate of drug-likeness (QED) is 0.0155. The van der Waals surface area contributed by atoms with Crippen LogP contribution >= 0.6 is 11.3 Å². The molecule has 3 aliphatic heterocycles. The maximum absolute atomic E-state index is 14.5. The number of benzene rings is 4. The van der Waals surface area contributed by atoms with Gasteiger partial charge in [0.1, 0.15) is 40.0 Å². The molecule has 23 heteroatoms. The number of aliphatic hydroxyl groups is 1. The third-order valence-corrected chi connectivity index (χ3v) is 16.7. The largest absolute Gasteiger partial charge is 0.497 e. The number of hydrogen-bond acceptors (Lipinski definition) is 18. The number of aromatic nitrogens is 3. The number of ketones is 1. The summed E-state index contributed by atoms with van der Waals surface area (Å²) in [5.74, 6) is 2.24. The summed E-state index contributed by atoms with van der Waals surface area (Å²) in [4.78, 5) is 90.0. The first-order valence-electron chi connectivity index (χ1n) is 29.5. The number of anilines is 6. The lowest BCUT2D eigenvalue weighted by Gasteiger charge is -2.36. The Balaban J connectivity index is 0.672. The van der Waals surface area contributed by atoms with Crippen molar-refractivity contribution in [2.24, 2.45) is 0 Å². The van der Waals surface area contributed by atoms with Crippen LogP contribution in [0.5, 0.6) is 17.2 Å². The highest BCUT2D eigenvalue weighted by molar-refractivity contribution is 7.10. The Bertz CT molecular complexity index is 3250. The molecule has 9 rings (SSSR count). The first-order valence-corrected chi connectivity index (χ1v) is 30.4. The van der Waals surface area contributed by atoms with Crippen LogP contribution in [0, 0.1) is 0 Å². The van der Waals surface area contributed by atoms with Gasteiger partial charge in [-0.05, 0) is 113 Å². The fraction of sp³-hybridized carbons (Fsp3) is 0.429. The summed E-state index contributed by atoms with van der Waals surface area (Å²) < 4.78 is 17.0. The number of carbonyl (C=O) groups is 5. The minimum absolute atomic E-state index is 0.0250. The first kappa shape index (κ1) is 62.3. The average Bonchev–Trinajstić information content (AvgIpc) is 1.15. The van der Waals surface area contributed by atoms with Crippen LogP contribution in [0.4, 0.5) is 39.3 Å². The van der Waals surface area contributed by atoms with Gasteiger partial charge in [-0.15, -0.1) is 11.3 Å². The summed E-state index contributed by atoms with van der Waals surface area (Å²) in [6.07, 6.45) is 6.48. The van der Waals surface area contributed by atoms with Crippen LogP contribution in [0.2, 0.25) is 0 Å². The Kier molecular flexibility index (Phi) is 21.5. The third-order valence-electron chi connectivity index (χ3n) is 15.7. The zero-order valence-electron chi connectivity index (χ0n) is 49.8. The Morgan fingerprint density at radius 3 is 2.21 bits per heavy atom. The molecule has 86 heavy (non-hydrogen) atoms. The van der Waals surface area contributed by atoms with E-state index in [4.69, 9.17) is 19.2 Å². The van der Waals surface area contributed by atoms with Crippen molar-refractivity contribution in [3.8, 4) is 17.2 Å². The molecule has 5 amide bonds. The van der Waals surface area contributed by atoms with Gasteiger partial charge in [0.15, 0.2) is 0 Å². The van der Waals surface area contributed by atoms with E-state index < -0.39 is 12.3 Å². The van der Waals surface area contributed by atoms with Gasteiger partial charge < -0.3 is 50.4 Å². The number of nitrogens with zero attached hydrogens (tertiary/aromatic N) is 8. The highest BCUT2D eigenvalue weighted by Gasteiger charge is 2.37. The second-order valence-corrected chi connectivity index (χ2v) is 22.6. The Morgan fingerprint density at radius 2 is 1.51 bits per heavy atom. The minimum atomic E-state index is -0.876. The summed E-state index contributed by atoms with van der Waals surface area (Å²) >= 11 is 1.39. The Hall–Kier alpha value is -8.22. The Morgan fingerprint density at radius 1 is 0.802 bits per heavy atom. The van der Waals surface area contributed by atoms with Crippen LogP contribution in [0.25, 0.3) is 0 Å². The number of likely N-dealkylation sites (tertiary alicyclic amines) is 1. The zero-order chi connectivity index (χ0) is 60.7. The third kappa shape index (κ3) is 16.0. The number of hydrogen-bond donors (Lipinski definition) is 6. The van der Waals surface area contributed by atoms with E-state index in [1.807, 2.05) is 43.3 Å². The molecular weight excluding hydrogens is 1110 g/mol. The molecule has 0 saturated carbocycles. The van der Waals surface area contributed by atoms with E-state index in [2.05, 4.69) is 58.5 Å². The Labute approximate surface area is 506 Å². The van der Waals surface area contributed by atoms with Crippen molar-refractivity contribution in [2.45, 2.75) is 103 Å². The summed E-state index contributed by atoms with van der Waals surface area (Å²) in [6, 6.07) is 26.6. The molecular formula is C63H79N13O9S. The van der Waals surface area contributed by atoms with E-state index in [9.17, 15) is 29.1 Å². The normalized spacial score (nSPS) is 16.3. The lowest BCUT2D eigenvalue weighted by Crippen LogP contribution is -2.53. The molecule has 456 valence electrons. The maximum Gasteiger partial charge on any atom is 0.330 e. The molecule has 0 bridgehead atoms. The fourth-order valence-electron chi connectivity index (χ4n) is 10.6. The van der Waals surface area contributed by atoms with Gasteiger partial charge in [-0.2, -0.15) is 4.98 Å². The molecule has 5 heterocycles. The van der Waals surface area contributed by atoms with Crippen LogP contribution in [0.3, 0.4) is 0 Å². The molecule has 0 aliphatic carbocycles. The molecule has 1 unspecified atom stereocenters. The van der Waals surface area contributed by atoms with Gasteiger partial charge in [-0.1, -0.05) is 31.9 Å². The van der Waals surface area contributed by atoms with Crippen LogP contribution in [0.1, 0.15) is 104 Å². The predicted octanol–water partition coefficient (Wildman–Crippen LogP) is 7.87. The van der Waals surface area contributed by atoms with E-state index in [-0.39, 0.29) is 54.7 Å². The van der Waals surface area contributed by atoms with Crippen molar-refractivity contribution >= 4 is 75.4 Å². The molecule has 4 aromatic carbocycles. The molecule has 6 N–H and O–H groups in total. The van der Waals surface area contributed by atoms with Gasteiger partial charge >= 0.3 is 6.03 Å². The fourth-order valence-corrected chi connectivity index (χ4v) is 11.5. The standard InChI is InChI=1S/C63H79N13O9S/c1-7-55(77)68-46-18-14-43(15-19-46)37-76-58-45(38-75(63(76)82)49-33-51(83-5)35-52(34-49)84-6)36-66-62(71-58)69-47-20-22-48(23-21-47)73-30-28-72(29-31-73)39-56(78)65-26-10-8-9-11-32-85-50-24-16-44(17-25-50)57(79)53-40-86-60(70-53)54-13-12-27-74(54)61(81)42(3)67-59(80)41(2)64-4/h14-25,33-36,40-42,54,59,64,67,80H,7-13,26-32,37-39H2,1-6H3,(H,65,78)(H,68,77)(H,66,69,71)/t41-,42-,54-,59?/m0/s1. The molecule has 2 fully saturated rings. The van der Waals surface area contributed by atoms with Gasteiger partial charge in [0.25, 0.3) is 0 Å². The van der Waals surface area contributed by atoms with Gasteiger partial charge in [0, 0.05) is 110 Å². The number of thiazole rings is 1. The molecule has 0 spiro atoms. The molecule has 2 aromatic heterocycles. The monoisotopic (exact) mass is 1190 g/mol. The average molecular weight is 1190 g/mol. The lowest BCUT2D eigenvalue weighted by molar-refractivity contribution is -0.135. The summed E-state index contributed by atoms with van der Waals surface area (Å²) in [6.45, 7) is 11.0. The number of piperazine rings is 1. The molecule has 22 nitrogen and oxygen atoms in total. The summed E-state index contributed by atoms with van der Waals surface area (Å²) in [5, 5.41) is 28.1. The van der Waals surface area contributed by atoms with Gasteiger partial charge in [0.2, 0.25) is 29.5 Å². The van der Waals surface area contributed by atoms with E-state index >= 15 is 0 Å². The van der Waals surface area contributed by atoms with E-state index in [1.165, 1.54) is 11.3 Å². The number of likely N-dealkylation sites (N-methyl/N-ethyl adjacent to an activating group) is 1. The van der Waals surface area contributed by atoms with Crippen LogP contribution < -0.4 is 55.5 Å². The predicted molar refractivity (Wildman–Crippen MR) is 333 cm³/mol. The lowest BCUT2D eigenvalue weighted by atomic mass is 10.1. The number of ether oxygens (including phenoxy) is 3. The van der Waals surface area contributed by atoms with Gasteiger partial charge in [0.05, 0.1) is 58.2 Å². The number of nitrogens with one attached hydrogen (secondary N) is 5. The maximum atomic E-state index is 14.5. The second-order valence-electron chi connectivity index (χ2n) is 21.7. The number of amides is 5. The van der Waals surface area contributed by atoms with Crippen molar-refractivity contribution < 1.29 is 43.3 Å². The van der Waals surface area contributed by atoms with Crippen molar-refractivity contribution in [3.63, 3.8) is 0 Å². The number of urea groups is 1. The number of aliphatic hydroxyl groups excluding tert-OH is 1. The van der Waals surface area contributed by atoms with Crippen molar-refractivity contribution in [1.82, 2.24) is 40.7 Å². The van der Waals surface area contributed by atoms with Crippen molar-refractivity contribution in [3.05, 3.63) is 130 Å². The first-order chi connectivity index (χ1) is 41.7. The smallest absolute Gasteiger partial charge is 0.330 e. The number of rotatable bonds is 28. The van der Waals surface area contributed by atoms with Gasteiger partial charge in [-0.3, -0.25) is 39.2 Å². The molecule has 0 radical (unpaired) electrons. The summed E-state index contributed by atoms with van der Waals surface area (Å²) in [7, 11) is 4.88. The minimum Gasteiger partial charge on any atom is -0.497 e. The topological polar surface area (TPSA) is 248 Å². The number of unbranched alkanes of at least 4 members (excludes halogenated alkanes) is 3. The van der Waals surface area contributed by atoms with Crippen LogP contribution in [0.15, 0.2) is 103 Å². The number of carbonyl (C=O) groups excluding carboxylic acids is 5. The number of methoxy groups -OCH3 is 2.